The molecule has 1 aromatic heterocycles. The fourth-order valence-corrected chi connectivity index (χ4v) is 2.15. The van der Waals surface area contributed by atoms with Crippen LogP contribution in [0.2, 0.25) is 0 Å². The van der Waals surface area contributed by atoms with Crippen molar-refractivity contribution >= 4 is 5.91 Å². The van der Waals surface area contributed by atoms with E-state index in [0.717, 1.165) is 5.56 Å². The van der Waals surface area contributed by atoms with E-state index in [0.29, 0.717) is 17.0 Å². The molecule has 1 N–H and O–H groups in total. The maximum absolute atomic E-state index is 12.4. The number of hydrogen-bond acceptors (Lipinski definition) is 3. The van der Waals surface area contributed by atoms with Crippen LogP contribution in [0.1, 0.15) is 60.1 Å². The van der Waals surface area contributed by atoms with Crippen LogP contribution in [0.4, 0.5) is 0 Å². The molecule has 1 amide bonds. The number of hydrogen-bond donors (Lipinski definition) is 1. The number of amides is 1. The van der Waals surface area contributed by atoms with Gasteiger partial charge in [0.05, 0.1) is 11.7 Å². The summed E-state index contributed by atoms with van der Waals surface area (Å²) in [6.07, 6.45) is 0. The van der Waals surface area contributed by atoms with Crippen LogP contribution < -0.4 is 5.32 Å². The second-order valence-corrected chi connectivity index (χ2v) is 5.27. The van der Waals surface area contributed by atoms with Crippen molar-refractivity contribution in [1.29, 1.82) is 0 Å². The fraction of sp³-hybridized carbons (Fsp3) is 0.375. The largest absolute Gasteiger partial charge is 0.360 e. The van der Waals surface area contributed by atoms with Gasteiger partial charge in [-0.2, -0.15) is 0 Å². The summed E-state index contributed by atoms with van der Waals surface area (Å²) < 4.78 is 5.25. The van der Waals surface area contributed by atoms with Crippen LogP contribution >= 0.6 is 0 Å². The van der Waals surface area contributed by atoms with Crippen LogP contribution in [0.25, 0.3) is 0 Å². The average molecular weight is 272 g/mol. The lowest BCUT2D eigenvalue weighted by atomic mass is 10.0. The molecule has 4 nitrogen and oxygen atoms in total. The van der Waals surface area contributed by atoms with E-state index < -0.39 is 0 Å². The predicted octanol–water partition coefficient (Wildman–Crippen LogP) is 3.60. The van der Waals surface area contributed by atoms with E-state index in [1.807, 2.05) is 51.1 Å². The standard InChI is InChI=1S/C16H20N2O2/c1-10(2)15-14(12(4)18-20-15)16(19)17-11(3)13-8-6-5-7-9-13/h5-11H,1-4H3,(H,17,19). The molecule has 0 fully saturated rings. The van der Waals surface area contributed by atoms with E-state index in [1.165, 1.54) is 0 Å². The third-order valence-corrected chi connectivity index (χ3v) is 3.29. The predicted molar refractivity (Wildman–Crippen MR) is 77.7 cm³/mol. The number of aromatic nitrogens is 1. The van der Waals surface area contributed by atoms with Gasteiger partial charge in [-0.1, -0.05) is 49.3 Å². The smallest absolute Gasteiger partial charge is 0.257 e. The van der Waals surface area contributed by atoms with Gasteiger partial charge < -0.3 is 9.84 Å². The maximum atomic E-state index is 12.4. The summed E-state index contributed by atoms with van der Waals surface area (Å²) >= 11 is 0. The average Bonchev–Trinajstić information content (AvgIpc) is 2.81. The molecule has 1 heterocycles. The van der Waals surface area contributed by atoms with Crippen LogP contribution in [0.5, 0.6) is 0 Å². The van der Waals surface area contributed by atoms with E-state index in [1.54, 1.807) is 6.92 Å². The monoisotopic (exact) mass is 272 g/mol. The number of carbonyl (C=O) groups is 1. The number of carbonyl (C=O) groups excluding carboxylic acids is 1. The van der Waals surface area contributed by atoms with Gasteiger partial charge in [0.1, 0.15) is 5.56 Å². The summed E-state index contributed by atoms with van der Waals surface area (Å²) in [6, 6.07) is 9.81. The summed E-state index contributed by atoms with van der Waals surface area (Å²) in [5.41, 5.74) is 2.26. The highest BCUT2D eigenvalue weighted by molar-refractivity contribution is 5.96. The van der Waals surface area contributed by atoms with E-state index >= 15 is 0 Å². The fourth-order valence-electron chi connectivity index (χ4n) is 2.15. The first-order valence-electron chi connectivity index (χ1n) is 6.82. The molecule has 1 atom stereocenters. The van der Waals surface area contributed by atoms with Crippen molar-refractivity contribution in [2.24, 2.45) is 0 Å². The minimum Gasteiger partial charge on any atom is -0.360 e. The van der Waals surface area contributed by atoms with Crippen LogP contribution in [-0.2, 0) is 0 Å². The molecule has 2 rings (SSSR count). The highest BCUT2D eigenvalue weighted by atomic mass is 16.5. The molecule has 0 aliphatic rings. The molecule has 0 spiro atoms. The van der Waals surface area contributed by atoms with Gasteiger partial charge in [-0.05, 0) is 19.4 Å². The molecular weight excluding hydrogens is 252 g/mol. The van der Waals surface area contributed by atoms with Crippen molar-refractivity contribution in [3.05, 3.63) is 52.9 Å². The first-order valence-corrected chi connectivity index (χ1v) is 6.82. The molecule has 2 aromatic rings. The molecule has 1 aromatic carbocycles. The quantitative estimate of drug-likeness (QED) is 0.925. The second kappa shape index (κ2) is 5.90. The third-order valence-electron chi connectivity index (χ3n) is 3.29. The Balaban J connectivity index is 2.19. The highest BCUT2D eigenvalue weighted by Crippen LogP contribution is 2.23. The zero-order chi connectivity index (χ0) is 14.7. The molecule has 0 radical (unpaired) electrons. The second-order valence-electron chi connectivity index (χ2n) is 5.27. The normalized spacial score (nSPS) is 12.4. The molecule has 1 unspecified atom stereocenters. The van der Waals surface area contributed by atoms with Crippen LogP contribution in [0.15, 0.2) is 34.9 Å². The van der Waals surface area contributed by atoms with Gasteiger partial charge in [-0.3, -0.25) is 4.79 Å². The van der Waals surface area contributed by atoms with Gasteiger partial charge >= 0.3 is 0 Å². The lowest BCUT2D eigenvalue weighted by Gasteiger charge is -2.14. The lowest BCUT2D eigenvalue weighted by molar-refractivity contribution is 0.0937. The zero-order valence-electron chi connectivity index (χ0n) is 12.3. The molecule has 0 saturated heterocycles. The molecule has 0 aliphatic heterocycles. The molecule has 0 bridgehead atoms. The molecule has 20 heavy (non-hydrogen) atoms. The molecule has 106 valence electrons. The Morgan fingerprint density at radius 1 is 1.20 bits per heavy atom. The van der Waals surface area contributed by atoms with Gasteiger partial charge in [-0.25, -0.2) is 0 Å². The number of benzene rings is 1. The topological polar surface area (TPSA) is 55.1 Å². The SMILES string of the molecule is Cc1noc(C(C)C)c1C(=O)NC(C)c1ccccc1. The number of rotatable bonds is 4. The van der Waals surface area contributed by atoms with Crippen molar-refractivity contribution in [2.45, 2.75) is 39.7 Å². The number of nitrogens with one attached hydrogen (secondary N) is 1. The molecule has 4 heteroatoms. The van der Waals surface area contributed by atoms with Crippen LogP contribution in [-0.4, -0.2) is 11.1 Å². The van der Waals surface area contributed by atoms with E-state index in [9.17, 15) is 4.79 Å². The Hall–Kier alpha value is -2.10. The maximum Gasteiger partial charge on any atom is 0.257 e. The minimum absolute atomic E-state index is 0.0574. The first-order chi connectivity index (χ1) is 9.50. The number of aryl methyl sites for hydroxylation is 1. The van der Waals surface area contributed by atoms with E-state index in [4.69, 9.17) is 4.52 Å². The van der Waals surface area contributed by atoms with Gasteiger partial charge in [-0.15, -0.1) is 0 Å². The third kappa shape index (κ3) is 2.90. The van der Waals surface area contributed by atoms with E-state index in [2.05, 4.69) is 10.5 Å². The summed E-state index contributed by atoms with van der Waals surface area (Å²) in [4.78, 5) is 12.4. The van der Waals surface area contributed by atoms with Crippen molar-refractivity contribution in [2.75, 3.05) is 0 Å². The van der Waals surface area contributed by atoms with E-state index in [-0.39, 0.29) is 17.9 Å². The van der Waals surface area contributed by atoms with Crippen LogP contribution in [0, 0.1) is 6.92 Å². The Kier molecular flexibility index (Phi) is 4.23. The Morgan fingerprint density at radius 2 is 1.85 bits per heavy atom. The first kappa shape index (κ1) is 14.3. The molecule has 0 aliphatic carbocycles. The van der Waals surface area contributed by atoms with Gasteiger partial charge in [0, 0.05) is 5.92 Å². The summed E-state index contributed by atoms with van der Waals surface area (Å²) in [6.45, 7) is 7.72. The van der Waals surface area contributed by atoms with Crippen molar-refractivity contribution in [3.63, 3.8) is 0 Å². The minimum atomic E-state index is -0.135. The van der Waals surface area contributed by atoms with Crippen molar-refractivity contribution in [1.82, 2.24) is 10.5 Å². The molecule has 0 saturated carbocycles. The van der Waals surface area contributed by atoms with Gasteiger partial charge in [0.25, 0.3) is 5.91 Å². The zero-order valence-corrected chi connectivity index (χ0v) is 12.3. The summed E-state index contributed by atoms with van der Waals surface area (Å²) in [5.74, 6) is 0.632. The number of nitrogens with zero attached hydrogens (tertiary/aromatic N) is 1. The lowest BCUT2D eigenvalue weighted by Crippen LogP contribution is -2.27. The highest BCUT2D eigenvalue weighted by Gasteiger charge is 2.23. The summed E-state index contributed by atoms with van der Waals surface area (Å²) in [5, 5.41) is 6.90. The Labute approximate surface area is 119 Å². The Bertz CT molecular complexity index is 588. The van der Waals surface area contributed by atoms with Crippen molar-refractivity contribution in [3.8, 4) is 0 Å². The Morgan fingerprint density at radius 3 is 2.45 bits per heavy atom. The summed E-state index contributed by atoms with van der Waals surface area (Å²) in [7, 11) is 0. The van der Waals surface area contributed by atoms with Gasteiger partial charge in [0.2, 0.25) is 0 Å². The van der Waals surface area contributed by atoms with Crippen molar-refractivity contribution < 1.29 is 9.32 Å². The molecular formula is C16H20N2O2. The van der Waals surface area contributed by atoms with Gasteiger partial charge in [0.15, 0.2) is 5.76 Å². The van der Waals surface area contributed by atoms with Crippen LogP contribution in [0.3, 0.4) is 0 Å².